The molecule has 0 fully saturated rings. The second-order valence-corrected chi connectivity index (χ2v) is 7.57. The fourth-order valence-electron chi connectivity index (χ4n) is 3.54. The van der Waals surface area contributed by atoms with Crippen molar-refractivity contribution in [3.05, 3.63) is 174 Å². The molecule has 0 aliphatic heterocycles. The predicted octanol–water partition coefficient (Wildman–Crippen LogP) is 8.47. The first-order valence-corrected chi connectivity index (χ1v) is 11.2. The van der Waals surface area contributed by atoms with E-state index < -0.39 is 0 Å². The van der Waals surface area contributed by atoms with E-state index in [-0.39, 0.29) is 26.2 Å². The molecule has 4 aromatic rings. The average Bonchev–Trinajstić information content (AvgIpc) is 3.49. The van der Waals surface area contributed by atoms with Gasteiger partial charge in [-0.15, -0.1) is 35.8 Å². The van der Waals surface area contributed by atoms with E-state index in [9.17, 15) is 0 Å². The van der Waals surface area contributed by atoms with Crippen molar-refractivity contribution in [3.8, 4) is 0 Å². The summed E-state index contributed by atoms with van der Waals surface area (Å²) < 4.78 is 0. The van der Waals surface area contributed by atoms with E-state index in [4.69, 9.17) is 0 Å². The van der Waals surface area contributed by atoms with Crippen LogP contribution >= 0.6 is 0 Å². The molecule has 0 aromatic heterocycles. The quantitative estimate of drug-likeness (QED) is 0.143. The van der Waals surface area contributed by atoms with Gasteiger partial charge in [-0.1, -0.05) is 132 Å². The molecule has 34 heavy (non-hydrogen) atoms. The molecule has 0 unspecified atom stereocenters. The second kappa shape index (κ2) is 14.1. The molecule has 4 aromatic carbocycles. The summed E-state index contributed by atoms with van der Waals surface area (Å²) in [6.45, 7) is 0. The van der Waals surface area contributed by atoms with Crippen LogP contribution in [0.15, 0.2) is 140 Å². The number of hydrogen-bond acceptors (Lipinski definition) is 0. The molecule has 0 amide bonds. The molecule has 0 saturated carbocycles. The van der Waals surface area contributed by atoms with Crippen LogP contribution in [-0.2, 0) is 26.2 Å². The van der Waals surface area contributed by atoms with Crippen LogP contribution < -0.4 is 0 Å². The van der Waals surface area contributed by atoms with Crippen molar-refractivity contribution >= 4 is 17.2 Å². The first-order valence-electron chi connectivity index (χ1n) is 11.2. The van der Waals surface area contributed by atoms with Crippen molar-refractivity contribution in [2.75, 3.05) is 0 Å². The smallest absolute Gasteiger partial charge is 0.273 e. The molecular formula is C33H26Zr. The van der Waals surface area contributed by atoms with Gasteiger partial charge in [0.15, 0.2) is 0 Å². The Balaban J connectivity index is 0.000000481. The molecule has 0 saturated heterocycles. The van der Waals surface area contributed by atoms with Gasteiger partial charge in [-0.25, -0.2) is 12.2 Å². The average molecular weight is 514 g/mol. The molecule has 0 atom stereocenters. The molecule has 0 spiro atoms. The Labute approximate surface area is 222 Å². The van der Waals surface area contributed by atoms with Crippen LogP contribution in [0.4, 0.5) is 0 Å². The zero-order chi connectivity index (χ0) is 22.6. The van der Waals surface area contributed by atoms with Crippen LogP contribution in [0.3, 0.4) is 0 Å². The third-order valence-electron chi connectivity index (χ3n) is 5.16. The molecule has 1 aliphatic carbocycles. The minimum Gasteiger partial charge on any atom is -0.273 e. The van der Waals surface area contributed by atoms with E-state index in [0.717, 1.165) is 28.7 Å². The van der Waals surface area contributed by atoms with E-state index in [1.165, 1.54) is 11.1 Å². The summed E-state index contributed by atoms with van der Waals surface area (Å²) in [6, 6.07) is 41.8. The molecule has 1 aliphatic rings. The maximum atomic E-state index is 3.66. The molecule has 5 rings (SSSR count). The van der Waals surface area contributed by atoms with Crippen LogP contribution in [-0.4, -0.2) is 0 Å². The summed E-state index contributed by atoms with van der Waals surface area (Å²) in [6.07, 6.45) is 15.9. The Morgan fingerprint density at radius 2 is 1.18 bits per heavy atom. The van der Waals surface area contributed by atoms with E-state index in [1.54, 1.807) is 0 Å². The Morgan fingerprint density at radius 1 is 0.647 bits per heavy atom. The standard InChI is InChI=1S/C28H21.C5H5.Zr/c1-5-13-23(14-6-1)21-27(25-17-9-3-10-18-25)28(26-19-11-4-12-20-26)22-24-15-7-2-8-16-24;1-2-4-5-3-1;/h1-21H;1-3H,4H2;/q2*-1;+2/b27-21-;;. The van der Waals surface area contributed by atoms with Crippen molar-refractivity contribution in [3.63, 3.8) is 0 Å². The van der Waals surface area contributed by atoms with Crippen LogP contribution in [0, 0.1) is 12.2 Å². The Hall–Kier alpha value is -3.28. The summed E-state index contributed by atoms with van der Waals surface area (Å²) >= 11 is 0. The minimum atomic E-state index is 0. The third-order valence-corrected chi connectivity index (χ3v) is 5.16. The van der Waals surface area contributed by atoms with Gasteiger partial charge in [-0.3, -0.25) is 6.08 Å². The number of hydrogen-bond donors (Lipinski definition) is 0. The summed E-state index contributed by atoms with van der Waals surface area (Å²) in [5.41, 5.74) is 6.80. The summed E-state index contributed by atoms with van der Waals surface area (Å²) in [7, 11) is 0. The topological polar surface area (TPSA) is 0 Å². The molecule has 0 radical (unpaired) electrons. The molecule has 0 N–H and O–H groups in total. The van der Waals surface area contributed by atoms with Gasteiger partial charge in [0.2, 0.25) is 0 Å². The van der Waals surface area contributed by atoms with Gasteiger partial charge in [0.05, 0.1) is 0 Å². The third kappa shape index (κ3) is 7.65. The molecule has 162 valence electrons. The molecule has 1 heteroatoms. The summed E-state index contributed by atoms with van der Waals surface area (Å²) in [5.74, 6) is 0. The van der Waals surface area contributed by atoms with Crippen molar-refractivity contribution in [2.45, 2.75) is 6.42 Å². The predicted molar refractivity (Wildman–Crippen MR) is 141 cm³/mol. The second-order valence-electron chi connectivity index (χ2n) is 7.57. The zero-order valence-electron chi connectivity index (χ0n) is 19.1. The van der Waals surface area contributed by atoms with Crippen molar-refractivity contribution in [2.24, 2.45) is 0 Å². The number of allylic oxidation sites excluding steroid dienone is 6. The van der Waals surface area contributed by atoms with Gasteiger partial charge >= 0.3 is 26.2 Å². The van der Waals surface area contributed by atoms with Gasteiger partial charge in [-0.2, -0.15) is 6.08 Å². The molecule has 0 heterocycles. The van der Waals surface area contributed by atoms with E-state index in [0.29, 0.717) is 0 Å². The monoisotopic (exact) mass is 512 g/mol. The van der Waals surface area contributed by atoms with Gasteiger partial charge in [0, 0.05) is 0 Å². The SMILES string of the molecule is [C-](=C(/C(=C\c1ccccc1)c1ccccc1)c1ccccc1)c1ccccc1.[C-]1=CC=CC1.[Zr+2]. The first-order chi connectivity index (χ1) is 16.4. The largest absolute Gasteiger partial charge is 2.00 e. The van der Waals surface area contributed by atoms with Crippen molar-refractivity contribution < 1.29 is 26.2 Å². The van der Waals surface area contributed by atoms with Crippen molar-refractivity contribution in [1.29, 1.82) is 0 Å². The number of rotatable bonds is 5. The van der Waals surface area contributed by atoms with Gasteiger partial charge in [-0.05, 0) is 5.56 Å². The fourth-order valence-corrected chi connectivity index (χ4v) is 3.54. The van der Waals surface area contributed by atoms with Gasteiger partial charge < -0.3 is 0 Å². The van der Waals surface area contributed by atoms with Crippen LogP contribution in [0.1, 0.15) is 28.7 Å². The Morgan fingerprint density at radius 3 is 1.68 bits per heavy atom. The fraction of sp³-hybridized carbons (Fsp3) is 0.0303. The maximum Gasteiger partial charge on any atom is 2.00 e. The van der Waals surface area contributed by atoms with Crippen LogP contribution in [0.2, 0.25) is 0 Å². The van der Waals surface area contributed by atoms with Gasteiger partial charge in [0.1, 0.15) is 0 Å². The zero-order valence-corrected chi connectivity index (χ0v) is 21.5. The van der Waals surface area contributed by atoms with Crippen LogP contribution in [0.5, 0.6) is 0 Å². The Bertz CT molecular complexity index is 1130. The minimum absolute atomic E-state index is 0. The van der Waals surface area contributed by atoms with Gasteiger partial charge in [0.25, 0.3) is 0 Å². The molecular weight excluding hydrogens is 488 g/mol. The normalized spacial score (nSPS) is 12.5. The first kappa shape index (κ1) is 25.3. The van der Waals surface area contributed by atoms with E-state index >= 15 is 0 Å². The molecule has 0 bridgehead atoms. The summed E-state index contributed by atoms with van der Waals surface area (Å²) in [5, 5.41) is 0. The van der Waals surface area contributed by atoms with E-state index in [2.05, 4.69) is 115 Å². The van der Waals surface area contributed by atoms with Crippen LogP contribution in [0.25, 0.3) is 17.2 Å². The molecule has 0 nitrogen and oxygen atoms in total. The maximum absolute atomic E-state index is 3.66. The Kier molecular flexibility index (Phi) is 10.5. The summed E-state index contributed by atoms with van der Waals surface area (Å²) in [4.78, 5) is 0. The number of benzene rings is 4. The van der Waals surface area contributed by atoms with E-state index in [1.807, 2.05) is 42.5 Å². The van der Waals surface area contributed by atoms with Crippen molar-refractivity contribution in [1.82, 2.24) is 0 Å².